The zero-order valence-corrected chi connectivity index (χ0v) is 13.2. The van der Waals surface area contributed by atoms with Crippen LogP contribution in [0.3, 0.4) is 0 Å². The Bertz CT molecular complexity index is 369. The molecular weight excluding hydrogens is 232 g/mol. The fraction of sp³-hybridized carbons (Fsp3) is 1.00. The van der Waals surface area contributed by atoms with Crippen LogP contribution < -0.4 is 0 Å². The first-order chi connectivity index (χ1) is 8.87. The van der Waals surface area contributed by atoms with Crippen LogP contribution in [0.25, 0.3) is 0 Å². The SMILES string of the molecule is CC1CC2(CN3CC4CC(C4)C3)CC2N1C(C)(C)C. The lowest BCUT2D eigenvalue weighted by Crippen LogP contribution is -2.50. The summed E-state index contributed by atoms with van der Waals surface area (Å²) in [6.45, 7) is 13.9. The Hall–Kier alpha value is -0.0800. The molecule has 0 aromatic carbocycles. The van der Waals surface area contributed by atoms with Crippen molar-refractivity contribution in [2.75, 3.05) is 19.6 Å². The summed E-state index contributed by atoms with van der Waals surface area (Å²) in [5.74, 6) is 2.12. The molecule has 3 unspecified atom stereocenters. The highest BCUT2D eigenvalue weighted by Crippen LogP contribution is 2.62. The van der Waals surface area contributed by atoms with Crippen molar-refractivity contribution in [3.05, 3.63) is 0 Å². The van der Waals surface area contributed by atoms with E-state index in [2.05, 4.69) is 37.5 Å². The van der Waals surface area contributed by atoms with Gasteiger partial charge in [0.25, 0.3) is 0 Å². The molecule has 2 bridgehead atoms. The normalized spacial score (nSPS) is 49.9. The molecule has 3 atom stereocenters. The maximum absolute atomic E-state index is 2.82. The van der Waals surface area contributed by atoms with E-state index in [0.29, 0.717) is 11.0 Å². The first kappa shape index (κ1) is 12.6. The number of fused-ring (bicyclic) bond motifs is 3. The Labute approximate surface area is 118 Å². The van der Waals surface area contributed by atoms with Crippen LogP contribution in [0.15, 0.2) is 0 Å². The van der Waals surface area contributed by atoms with E-state index in [-0.39, 0.29) is 0 Å². The van der Waals surface area contributed by atoms with Crippen LogP contribution in [0, 0.1) is 17.3 Å². The van der Waals surface area contributed by atoms with Crippen LogP contribution in [0.5, 0.6) is 0 Å². The van der Waals surface area contributed by atoms with Gasteiger partial charge in [-0.25, -0.2) is 0 Å². The van der Waals surface area contributed by atoms with Gasteiger partial charge in [0.2, 0.25) is 0 Å². The van der Waals surface area contributed by atoms with E-state index in [1.54, 1.807) is 0 Å². The molecule has 0 N–H and O–H groups in total. The average Bonchev–Trinajstić information content (AvgIpc) is 2.79. The second kappa shape index (κ2) is 3.76. The van der Waals surface area contributed by atoms with Gasteiger partial charge in [-0.1, -0.05) is 0 Å². The van der Waals surface area contributed by atoms with E-state index < -0.39 is 0 Å². The molecule has 3 saturated heterocycles. The number of hydrogen-bond acceptors (Lipinski definition) is 2. The number of likely N-dealkylation sites (tertiary alicyclic amines) is 1. The lowest BCUT2D eigenvalue weighted by atomic mass is 9.71. The minimum Gasteiger partial charge on any atom is -0.302 e. The highest BCUT2D eigenvalue weighted by atomic mass is 15.3. The first-order valence-electron chi connectivity index (χ1n) is 8.38. The molecule has 0 aromatic rings. The molecule has 0 aromatic heterocycles. The topological polar surface area (TPSA) is 6.48 Å². The second-order valence-corrected chi connectivity index (χ2v) is 9.11. The molecule has 2 aliphatic carbocycles. The molecule has 0 spiro atoms. The quantitative estimate of drug-likeness (QED) is 0.755. The fourth-order valence-electron chi connectivity index (χ4n) is 5.85. The summed E-state index contributed by atoms with van der Waals surface area (Å²) in [7, 11) is 0. The van der Waals surface area contributed by atoms with Crippen molar-refractivity contribution >= 4 is 0 Å². The van der Waals surface area contributed by atoms with Gasteiger partial charge in [0.05, 0.1) is 0 Å². The van der Waals surface area contributed by atoms with Crippen molar-refractivity contribution in [1.29, 1.82) is 0 Å². The summed E-state index contributed by atoms with van der Waals surface area (Å²) in [6, 6.07) is 1.68. The summed E-state index contributed by atoms with van der Waals surface area (Å²) in [6.07, 6.45) is 6.00. The Balaban J connectivity index is 1.43. The standard InChI is InChI=1S/C17H30N2/c1-12-7-17(8-15(17)19(12)16(2,3)4)11-18-9-13-5-14(6-13)10-18/h12-15H,5-11H2,1-4H3. The van der Waals surface area contributed by atoms with Crippen LogP contribution in [0.1, 0.15) is 53.4 Å². The molecule has 0 amide bonds. The van der Waals surface area contributed by atoms with Crippen molar-refractivity contribution < 1.29 is 0 Å². The first-order valence-corrected chi connectivity index (χ1v) is 8.38. The van der Waals surface area contributed by atoms with E-state index in [1.807, 2.05) is 0 Å². The minimum atomic E-state index is 0.354. The number of piperidine rings is 3. The van der Waals surface area contributed by atoms with Gasteiger partial charge in [-0.05, 0) is 65.2 Å². The molecule has 5 aliphatic rings. The molecule has 2 heteroatoms. The maximum Gasteiger partial charge on any atom is 0.0179 e. The summed E-state index contributed by atoms with van der Waals surface area (Å²) in [4.78, 5) is 5.64. The van der Waals surface area contributed by atoms with E-state index in [1.165, 1.54) is 45.3 Å². The third-order valence-electron chi connectivity index (χ3n) is 6.34. The van der Waals surface area contributed by atoms with Gasteiger partial charge in [0.15, 0.2) is 0 Å². The number of hydrogen-bond donors (Lipinski definition) is 0. The van der Waals surface area contributed by atoms with Gasteiger partial charge >= 0.3 is 0 Å². The van der Waals surface area contributed by atoms with Crippen LogP contribution in [-0.4, -0.2) is 47.1 Å². The predicted octanol–water partition coefficient (Wildman–Crippen LogP) is 2.98. The molecule has 3 aliphatic heterocycles. The van der Waals surface area contributed by atoms with Crippen LogP contribution in [0.4, 0.5) is 0 Å². The highest BCUT2D eigenvalue weighted by Gasteiger charge is 2.65. The van der Waals surface area contributed by atoms with E-state index in [9.17, 15) is 0 Å². The van der Waals surface area contributed by atoms with Gasteiger partial charge in [-0.15, -0.1) is 0 Å². The van der Waals surface area contributed by atoms with Crippen LogP contribution >= 0.6 is 0 Å². The van der Waals surface area contributed by atoms with Gasteiger partial charge in [0, 0.05) is 42.7 Å². The van der Waals surface area contributed by atoms with E-state index in [0.717, 1.165) is 23.9 Å². The molecule has 0 radical (unpaired) electrons. The molecule has 108 valence electrons. The molecule has 5 fully saturated rings. The summed E-state index contributed by atoms with van der Waals surface area (Å²) in [5.41, 5.74) is 1.03. The van der Waals surface area contributed by atoms with Crippen molar-refractivity contribution in [3.8, 4) is 0 Å². The lowest BCUT2D eigenvalue weighted by Gasteiger charge is -2.48. The molecule has 19 heavy (non-hydrogen) atoms. The van der Waals surface area contributed by atoms with Crippen molar-refractivity contribution in [1.82, 2.24) is 9.80 Å². The summed E-state index contributed by atoms with van der Waals surface area (Å²) < 4.78 is 0. The number of rotatable bonds is 2. The van der Waals surface area contributed by atoms with E-state index in [4.69, 9.17) is 0 Å². The third-order valence-corrected chi connectivity index (χ3v) is 6.34. The number of nitrogens with zero attached hydrogens (tertiary/aromatic N) is 2. The van der Waals surface area contributed by atoms with Crippen LogP contribution in [0.2, 0.25) is 0 Å². The Morgan fingerprint density at radius 3 is 2.21 bits per heavy atom. The maximum atomic E-state index is 2.82. The second-order valence-electron chi connectivity index (χ2n) is 9.11. The molecule has 2 nitrogen and oxygen atoms in total. The smallest absolute Gasteiger partial charge is 0.0179 e. The zero-order valence-electron chi connectivity index (χ0n) is 13.2. The minimum absolute atomic E-state index is 0.354. The lowest BCUT2D eigenvalue weighted by molar-refractivity contribution is 0.0154. The third kappa shape index (κ3) is 1.90. The van der Waals surface area contributed by atoms with Crippen LogP contribution in [-0.2, 0) is 0 Å². The molecular formula is C17H30N2. The van der Waals surface area contributed by atoms with E-state index >= 15 is 0 Å². The Morgan fingerprint density at radius 2 is 1.68 bits per heavy atom. The van der Waals surface area contributed by atoms with Crippen molar-refractivity contribution in [2.45, 2.75) is 71.0 Å². The highest BCUT2D eigenvalue weighted by molar-refractivity contribution is 5.19. The van der Waals surface area contributed by atoms with Gasteiger partial charge in [-0.3, -0.25) is 4.90 Å². The Morgan fingerprint density at radius 1 is 1.05 bits per heavy atom. The predicted molar refractivity (Wildman–Crippen MR) is 79.2 cm³/mol. The average molecular weight is 262 g/mol. The largest absolute Gasteiger partial charge is 0.302 e. The summed E-state index contributed by atoms with van der Waals surface area (Å²) in [5, 5.41) is 0. The van der Waals surface area contributed by atoms with Gasteiger partial charge in [0.1, 0.15) is 0 Å². The fourth-order valence-corrected chi connectivity index (χ4v) is 5.85. The zero-order chi connectivity index (χ0) is 13.4. The summed E-state index contributed by atoms with van der Waals surface area (Å²) >= 11 is 0. The van der Waals surface area contributed by atoms with Gasteiger partial charge in [-0.2, -0.15) is 0 Å². The van der Waals surface area contributed by atoms with Crippen molar-refractivity contribution in [3.63, 3.8) is 0 Å². The molecule has 2 saturated carbocycles. The molecule has 3 heterocycles. The van der Waals surface area contributed by atoms with Crippen molar-refractivity contribution in [2.24, 2.45) is 17.3 Å². The Kier molecular flexibility index (Phi) is 2.50. The molecule has 5 rings (SSSR count). The monoisotopic (exact) mass is 262 g/mol. The van der Waals surface area contributed by atoms with Gasteiger partial charge < -0.3 is 4.90 Å².